The highest BCUT2D eigenvalue weighted by molar-refractivity contribution is 5.92. The molecule has 0 radical (unpaired) electrons. The predicted octanol–water partition coefficient (Wildman–Crippen LogP) is 4.51. The third kappa shape index (κ3) is 4.23. The maximum atomic E-state index is 12.9. The molecule has 1 amide bonds. The van der Waals surface area contributed by atoms with Crippen LogP contribution in [0.3, 0.4) is 0 Å². The molecule has 4 heterocycles. The van der Waals surface area contributed by atoms with Crippen LogP contribution in [0.1, 0.15) is 86.2 Å². The Labute approximate surface area is 196 Å². The van der Waals surface area contributed by atoms with E-state index in [1.54, 1.807) is 18.4 Å². The van der Waals surface area contributed by atoms with Gasteiger partial charge in [0.1, 0.15) is 0 Å². The van der Waals surface area contributed by atoms with E-state index < -0.39 is 0 Å². The van der Waals surface area contributed by atoms with Crippen molar-refractivity contribution in [1.29, 1.82) is 0 Å². The second kappa shape index (κ2) is 8.67. The van der Waals surface area contributed by atoms with Crippen molar-refractivity contribution in [3.05, 3.63) is 41.0 Å². The van der Waals surface area contributed by atoms with Crippen molar-refractivity contribution in [2.45, 2.75) is 83.5 Å². The Bertz CT molecular complexity index is 1010. The van der Waals surface area contributed by atoms with E-state index >= 15 is 0 Å². The average molecular weight is 453 g/mol. The number of carbonyl (C=O) groups is 1. The van der Waals surface area contributed by atoms with E-state index in [1.165, 1.54) is 48.9 Å². The largest absolute Gasteiger partial charge is 0.459 e. The Morgan fingerprint density at radius 1 is 1.18 bits per heavy atom. The lowest BCUT2D eigenvalue weighted by Crippen LogP contribution is -2.54. The fourth-order valence-electron chi connectivity index (χ4n) is 5.75. The van der Waals surface area contributed by atoms with Crippen LogP contribution >= 0.6 is 0 Å². The molecule has 33 heavy (non-hydrogen) atoms. The van der Waals surface area contributed by atoms with Gasteiger partial charge in [0.15, 0.2) is 11.6 Å². The molecule has 7 nitrogen and oxygen atoms in total. The van der Waals surface area contributed by atoms with Crippen LogP contribution in [0, 0.1) is 0 Å². The fraction of sp³-hybridized carbons (Fsp3) is 0.615. The number of amides is 1. The molecule has 5 rings (SSSR count). The summed E-state index contributed by atoms with van der Waals surface area (Å²) in [7, 11) is 0. The average Bonchev–Trinajstić information content (AvgIpc) is 3.34. The molecule has 0 aromatic carbocycles. The molecule has 2 aromatic rings. The van der Waals surface area contributed by atoms with Gasteiger partial charge in [0.05, 0.1) is 29.9 Å². The van der Waals surface area contributed by atoms with Crippen molar-refractivity contribution in [2.24, 2.45) is 0 Å². The number of rotatable bonds is 3. The van der Waals surface area contributed by atoms with Gasteiger partial charge in [-0.15, -0.1) is 0 Å². The summed E-state index contributed by atoms with van der Waals surface area (Å²) in [6, 6.07) is 3.51. The van der Waals surface area contributed by atoms with Gasteiger partial charge in [-0.25, -0.2) is 4.98 Å². The molecular weight excluding hydrogens is 416 g/mol. The number of anilines is 2. The molecule has 0 bridgehead atoms. The lowest BCUT2D eigenvalue weighted by Gasteiger charge is -2.42. The molecule has 2 aliphatic heterocycles. The standard InChI is InChI=1S/C26H36N4O3/c1-17-15-29(11-12-30(17)25(31)21-10-7-13-32-21)24-22(27)19-14-26(2,3)33-16-20(19)23(28-24)18-8-5-4-6-9-18/h7,10,13,17-18H,4-6,8-9,11-12,14-16,27H2,1-3H3/t17-/m1/s1. The van der Waals surface area contributed by atoms with Gasteiger partial charge in [-0.05, 0) is 51.3 Å². The molecule has 1 atom stereocenters. The van der Waals surface area contributed by atoms with Crippen LogP contribution in [0.5, 0.6) is 0 Å². The van der Waals surface area contributed by atoms with Gasteiger partial charge in [-0.1, -0.05) is 19.3 Å². The normalized spacial score (nSPS) is 23.4. The number of hydrogen-bond donors (Lipinski definition) is 1. The molecular formula is C26H36N4O3. The van der Waals surface area contributed by atoms with Gasteiger partial charge in [0.2, 0.25) is 0 Å². The van der Waals surface area contributed by atoms with Crippen molar-refractivity contribution in [2.75, 3.05) is 30.3 Å². The summed E-state index contributed by atoms with van der Waals surface area (Å²) >= 11 is 0. The van der Waals surface area contributed by atoms with Gasteiger partial charge in [0, 0.05) is 43.6 Å². The maximum absolute atomic E-state index is 12.9. The summed E-state index contributed by atoms with van der Waals surface area (Å²) in [5.74, 6) is 1.71. The van der Waals surface area contributed by atoms with Crippen LogP contribution < -0.4 is 10.6 Å². The lowest BCUT2D eigenvalue weighted by molar-refractivity contribution is -0.0406. The number of hydrogen-bond acceptors (Lipinski definition) is 6. The SMILES string of the molecule is C[C@@H]1CN(c2nc(C3CCCCC3)c3c(c2N)CC(C)(C)OC3)CCN1C(=O)c1ccco1. The monoisotopic (exact) mass is 452 g/mol. The quantitative estimate of drug-likeness (QED) is 0.738. The summed E-state index contributed by atoms with van der Waals surface area (Å²) < 4.78 is 11.5. The Balaban J connectivity index is 1.46. The number of nitrogens with two attached hydrogens (primary N) is 1. The number of aromatic nitrogens is 1. The molecule has 1 saturated carbocycles. The molecule has 2 N–H and O–H groups in total. The first-order chi connectivity index (χ1) is 15.8. The van der Waals surface area contributed by atoms with Crippen LogP contribution in [-0.2, 0) is 17.8 Å². The van der Waals surface area contributed by atoms with Crippen LogP contribution in [0.4, 0.5) is 11.5 Å². The minimum atomic E-state index is -0.231. The molecule has 7 heteroatoms. The number of fused-ring (bicyclic) bond motifs is 1. The third-order valence-electron chi connectivity index (χ3n) is 7.59. The number of carbonyl (C=O) groups excluding carboxylic acids is 1. The predicted molar refractivity (Wildman–Crippen MR) is 128 cm³/mol. The fourth-order valence-corrected chi connectivity index (χ4v) is 5.75. The van der Waals surface area contributed by atoms with E-state index in [0.29, 0.717) is 37.9 Å². The Morgan fingerprint density at radius 2 is 1.97 bits per heavy atom. The number of ether oxygens (including phenoxy) is 1. The van der Waals surface area contributed by atoms with Crippen molar-refractivity contribution >= 4 is 17.4 Å². The van der Waals surface area contributed by atoms with E-state index in [-0.39, 0.29) is 17.6 Å². The Hall–Kier alpha value is -2.54. The second-order valence-electron chi connectivity index (χ2n) is 10.5. The number of furan rings is 1. The minimum absolute atomic E-state index is 0.0338. The highest BCUT2D eigenvalue weighted by Gasteiger charge is 2.36. The Kier molecular flexibility index (Phi) is 5.85. The first kappa shape index (κ1) is 22.3. The first-order valence-corrected chi connectivity index (χ1v) is 12.4. The van der Waals surface area contributed by atoms with Crippen molar-refractivity contribution in [3.63, 3.8) is 0 Å². The Morgan fingerprint density at radius 3 is 2.67 bits per heavy atom. The summed E-state index contributed by atoms with van der Waals surface area (Å²) in [5, 5.41) is 0. The van der Waals surface area contributed by atoms with Crippen LogP contribution in [0.15, 0.2) is 22.8 Å². The molecule has 0 spiro atoms. The smallest absolute Gasteiger partial charge is 0.289 e. The number of piperazine rings is 1. The zero-order chi connectivity index (χ0) is 23.2. The molecule has 1 aliphatic carbocycles. The van der Waals surface area contributed by atoms with Gasteiger partial charge < -0.3 is 24.7 Å². The molecule has 3 aliphatic rings. The van der Waals surface area contributed by atoms with Crippen LogP contribution in [0.2, 0.25) is 0 Å². The molecule has 1 saturated heterocycles. The van der Waals surface area contributed by atoms with Gasteiger partial charge in [0.25, 0.3) is 5.91 Å². The summed E-state index contributed by atoms with van der Waals surface area (Å²) in [5.41, 5.74) is 11.0. The highest BCUT2D eigenvalue weighted by atomic mass is 16.5. The zero-order valence-corrected chi connectivity index (χ0v) is 20.1. The third-order valence-corrected chi connectivity index (χ3v) is 7.59. The van der Waals surface area contributed by atoms with Crippen molar-refractivity contribution < 1.29 is 13.9 Å². The highest BCUT2D eigenvalue weighted by Crippen LogP contribution is 2.43. The first-order valence-electron chi connectivity index (χ1n) is 12.4. The second-order valence-corrected chi connectivity index (χ2v) is 10.5. The summed E-state index contributed by atoms with van der Waals surface area (Å²) in [6.07, 6.45) is 8.56. The minimum Gasteiger partial charge on any atom is -0.459 e. The summed E-state index contributed by atoms with van der Waals surface area (Å²) in [4.78, 5) is 22.3. The van der Waals surface area contributed by atoms with E-state index in [2.05, 4.69) is 25.7 Å². The topological polar surface area (TPSA) is 84.8 Å². The molecule has 2 fully saturated rings. The van der Waals surface area contributed by atoms with Gasteiger partial charge >= 0.3 is 0 Å². The van der Waals surface area contributed by atoms with E-state index in [9.17, 15) is 4.79 Å². The molecule has 2 aromatic heterocycles. The molecule has 0 unspecified atom stereocenters. The maximum Gasteiger partial charge on any atom is 0.289 e. The number of nitrogens with zero attached hydrogens (tertiary/aromatic N) is 3. The van der Waals surface area contributed by atoms with E-state index in [4.69, 9.17) is 19.9 Å². The lowest BCUT2D eigenvalue weighted by atomic mass is 9.81. The van der Waals surface area contributed by atoms with E-state index in [0.717, 1.165) is 17.9 Å². The number of pyridine rings is 1. The van der Waals surface area contributed by atoms with Crippen molar-refractivity contribution in [3.8, 4) is 0 Å². The van der Waals surface area contributed by atoms with Crippen LogP contribution in [0.25, 0.3) is 0 Å². The van der Waals surface area contributed by atoms with Crippen molar-refractivity contribution in [1.82, 2.24) is 9.88 Å². The number of nitrogen functional groups attached to an aromatic ring is 1. The van der Waals surface area contributed by atoms with Crippen LogP contribution in [-0.4, -0.2) is 47.1 Å². The van der Waals surface area contributed by atoms with Gasteiger partial charge in [-0.2, -0.15) is 0 Å². The van der Waals surface area contributed by atoms with E-state index in [1.807, 2.05) is 4.90 Å². The van der Waals surface area contributed by atoms with Gasteiger partial charge in [-0.3, -0.25) is 4.79 Å². The summed E-state index contributed by atoms with van der Waals surface area (Å²) in [6.45, 7) is 8.97. The molecule has 178 valence electrons. The zero-order valence-electron chi connectivity index (χ0n) is 20.1.